The first-order valence-electron chi connectivity index (χ1n) is 8.97. The quantitative estimate of drug-likeness (QED) is 0.340. The highest BCUT2D eigenvalue weighted by Crippen LogP contribution is 2.21. The highest BCUT2D eigenvalue weighted by Gasteiger charge is 2.14. The number of ether oxygens (including phenoxy) is 2. The lowest BCUT2D eigenvalue weighted by molar-refractivity contribution is -0.137. The molecule has 0 spiro atoms. The van der Waals surface area contributed by atoms with Gasteiger partial charge in [-0.2, -0.15) is 0 Å². The van der Waals surface area contributed by atoms with E-state index in [1.165, 1.54) is 36.4 Å². The fraction of sp³-hybridized carbons (Fsp3) is 0.182. The van der Waals surface area contributed by atoms with E-state index in [0.717, 1.165) is 24.3 Å². The molecule has 0 bridgehead atoms. The fourth-order valence-corrected chi connectivity index (χ4v) is 2.25. The van der Waals surface area contributed by atoms with Crippen LogP contribution in [-0.4, -0.2) is 47.3 Å². The van der Waals surface area contributed by atoms with Gasteiger partial charge in [0.25, 0.3) is 0 Å². The Labute approximate surface area is 173 Å². The zero-order chi connectivity index (χ0) is 22.5. The van der Waals surface area contributed by atoms with E-state index in [-0.39, 0.29) is 24.4 Å². The van der Waals surface area contributed by atoms with Gasteiger partial charge < -0.3 is 19.7 Å². The van der Waals surface area contributed by atoms with Crippen LogP contribution in [0.4, 0.5) is 0 Å². The second-order valence-corrected chi connectivity index (χ2v) is 5.57. The van der Waals surface area contributed by atoms with Crippen LogP contribution in [-0.2, 0) is 28.7 Å². The molecule has 0 aromatic heterocycles. The molecule has 0 radical (unpaired) electrons. The Morgan fingerprint density at radius 1 is 0.800 bits per heavy atom. The maximum atomic E-state index is 12.3. The summed E-state index contributed by atoms with van der Waals surface area (Å²) >= 11 is 0. The van der Waals surface area contributed by atoms with Crippen LogP contribution in [0.2, 0.25) is 0 Å². The van der Waals surface area contributed by atoms with Crippen LogP contribution >= 0.6 is 0 Å². The van der Waals surface area contributed by atoms with Gasteiger partial charge in [-0.3, -0.25) is 0 Å². The van der Waals surface area contributed by atoms with Gasteiger partial charge in [-0.05, 0) is 37.1 Å². The molecule has 0 unspecified atom stereocenters. The Hall–Kier alpha value is -3.94. The molecule has 0 saturated carbocycles. The van der Waals surface area contributed by atoms with E-state index >= 15 is 0 Å². The number of aliphatic carboxylic acids is 2. The van der Waals surface area contributed by atoms with Crippen LogP contribution in [0.5, 0.6) is 0 Å². The van der Waals surface area contributed by atoms with Crippen molar-refractivity contribution in [1.29, 1.82) is 0 Å². The van der Waals surface area contributed by atoms with E-state index in [2.05, 4.69) is 0 Å². The first-order chi connectivity index (χ1) is 14.3. The molecule has 0 amide bonds. The van der Waals surface area contributed by atoms with Gasteiger partial charge in [-0.25, -0.2) is 19.2 Å². The third kappa shape index (κ3) is 7.97. The molecule has 0 fully saturated rings. The highest BCUT2D eigenvalue weighted by molar-refractivity contribution is 6.18. The Morgan fingerprint density at radius 2 is 1.30 bits per heavy atom. The van der Waals surface area contributed by atoms with E-state index < -0.39 is 23.9 Å². The average Bonchev–Trinajstić information content (AvgIpc) is 2.69. The summed E-state index contributed by atoms with van der Waals surface area (Å²) in [4.78, 5) is 45.7. The molecule has 30 heavy (non-hydrogen) atoms. The van der Waals surface area contributed by atoms with Crippen molar-refractivity contribution in [3.05, 3.63) is 71.8 Å². The topological polar surface area (TPSA) is 127 Å². The average molecular weight is 414 g/mol. The van der Waals surface area contributed by atoms with Gasteiger partial charge in [0.1, 0.15) is 0 Å². The van der Waals surface area contributed by atoms with Crippen molar-refractivity contribution in [2.75, 3.05) is 13.2 Å². The minimum Gasteiger partial charge on any atom is -0.478 e. The van der Waals surface area contributed by atoms with E-state index in [0.29, 0.717) is 11.1 Å². The van der Waals surface area contributed by atoms with Crippen LogP contribution < -0.4 is 0 Å². The summed E-state index contributed by atoms with van der Waals surface area (Å²) in [7, 11) is 0. The summed E-state index contributed by atoms with van der Waals surface area (Å²) in [5.74, 6) is -3.61. The summed E-state index contributed by atoms with van der Waals surface area (Å²) in [5.41, 5.74) is 0.793. The van der Waals surface area contributed by atoms with Crippen molar-refractivity contribution in [2.45, 2.75) is 13.8 Å². The smallest absolute Gasteiger partial charge is 0.338 e. The number of carboxylic acid groups (broad SMARTS) is 2. The molecular formula is C22H22O8. The third-order valence-electron chi connectivity index (χ3n) is 3.52. The van der Waals surface area contributed by atoms with Crippen molar-refractivity contribution < 1.29 is 38.9 Å². The monoisotopic (exact) mass is 414 g/mol. The zero-order valence-corrected chi connectivity index (χ0v) is 16.5. The molecule has 0 aliphatic heterocycles. The predicted molar refractivity (Wildman–Crippen MR) is 109 cm³/mol. The van der Waals surface area contributed by atoms with Crippen LogP contribution in [0, 0.1) is 0 Å². The van der Waals surface area contributed by atoms with Crippen molar-refractivity contribution in [1.82, 2.24) is 0 Å². The fourth-order valence-electron chi connectivity index (χ4n) is 2.25. The van der Waals surface area contributed by atoms with Gasteiger partial charge in [0.05, 0.1) is 24.4 Å². The van der Waals surface area contributed by atoms with E-state index in [9.17, 15) is 24.3 Å². The van der Waals surface area contributed by atoms with Crippen LogP contribution in [0.15, 0.2) is 60.7 Å². The molecule has 158 valence electrons. The molecule has 0 saturated heterocycles. The zero-order valence-electron chi connectivity index (χ0n) is 16.5. The first kappa shape index (κ1) is 24.1. The predicted octanol–water partition coefficient (Wildman–Crippen LogP) is 2.86. The molecule has 1 rings (SSSR count). The molecule has 1 aromatic rings. The largest absolute Gasteiger partial charge is 0.478 e. The van der Waals surface area contributed by atoms with E-state index in [1.54, 1.807) is 13.8 Å². The number of rotatable bonds is 10. The Morgan fingerprint density at radius 3 is 1.80 bits per heavy atom. The number of allylic oxidation sites excluding steroid dienone is 4. The summed E-state index contributed by atoms with van der Waals surface area (Å²) in [6.45, 7) is 3.70. The SMILES string of the molecule is CCOC(=O)/C=C/C=C(/C(=O)OCC)c1ccc(/C(=C\C=C\C(=O)O)C(=O)O)cc1. The maximum Gasteiger partial charge on any atom is 0.338 e. The number of hydrogen-bond donors (Lipinski definition) is 2. The standard InChI is InChI=1S/C22H22O8/c1-3-29-20(25)10-6-8-18(22(28)30-4-2)16-13-11-15(12-14-16)17(21(26)27)7-5-9-19(23)24/h5-14H,3-4H2,1-2H3,(H,23,24)(H,26,27)/b9-5+,10-6+,17-7+,18-8+. The number of carbonyl (C=O) groups is 4. The lowest BCUT2D eigenvalue weighted by Gasteiger charge is -2.08. The summed E-state index contributed by atoms with van der Waals surface area (Å²) in [6.07, 6.45) is 7.01. The van der Waals surface area contributed by atoms with Crippen LogP contribution in [0.25, 0.3) is 11.1 Å². The van der Waals surface area contributed by atoms with Gasteiger partial charge >= 0.3 is 23.9 Å². The molecule has 0 atom stereocenters. The minimum absolute atomic E-state index is 0.122. The van der Waals surface area contributed by atoms with Crippen molar-refractivity contribution in [2.24, 2.45) is 0 Å². The van der Waals surface area contributed by atoms with Gasteiger partial charge in [0.15, 0.2) is 0 Å². The molecule has 1 aromatic carbocycles. The molecule has 8 nitrogen and oxygen atoms in total. The number of benzene rings is 1. The normalized spacial score (nSPS) is 12.2. The van der Waals surface area contributed by atoms with Crippen molar-refractivity contribution >= 4 is 35.0 Å². The Kier molecular flexibility index (Phi) is 10.0. The minimum atomic E-state index is -1.24. The second-order valence-electron chi connectivity index (χ2n) is 5.57. The van der Waals surface area contributed by atoms with E-state index in [4.69, 9.17) is 14.6 Å². The summed E-state index contributed by atoms with van der Waals surface area (Å²) in [6, 6.07) is 6.00. The van der Waals surface area contributed by atoms with E-state index in [1.807, 2.05) is 0 Å². The van der Waals surface area contributed by atoms with Gasteiger partial charge in [0, 0.05) is 12.2 Å². The van der Waals surface area contributed by atoms with Crippen LogP contribution in [0.1, 0.15) is 25.0 Å². The first-order valence-corrected chi connectivity index (χ1v) is 8.97. The molecule has 2 N–H and O–H groups in total. The van der Waals surface area contributed by atoms with Crippen molar-refractivity contribution in [3.63, 3.8) is 0 Å². The molecular weight excluding hydrogens is 392 g/mol. The number of hydrogen-bond acceptors (Lipinski definition) is 6. The Bertz CT molecular complexity index is 902. The maximum absolute atomic E-state index is 12.3. The van der Waals surface area contributed by atoms with Gasteiger partial charge in [0.2, 0.25) is 0 Å². The molecule has 0 aliphatic rings. The summed E-state index contributed by atoms with van der Waals surface area (Å²) in [5, 5.41) is 18.0. The lowest BCUT2D eigenvalue weighted by atomic mass is 9.99. The number of carboxylic acids is 2. The highest BCUT2D eigenvalue weighted by atomic mass is 16.5. The van der Waals surface area contributed by atoms with Crippen LogP contribution in [0.3, 0.4) is 0 Å². The molecule has 8 heteroatoms. The molecule has 0 aliphatic carbocycles. The molecule has 0 heterocycles. The van der Waals surface area contributed by atoms with Gasteiger partial charge in [-0.15, -0.1) is 0 Å². The Balaban J connectivity index is 3.24. The third-order valence-corrected chi connectivity index (χ3v) is 3.52. The number of carbonyl (C=O) groups excluding carboxylic acids is 2. The second kappa shape index (κ2) is 12.5. The number of esters is 2. The lowest BCUT2D eigenvalue weighted by Crippen LogP contribution is -2.07. The van der Waals surface area contributed by atoms with Crippen molar-refractivity contribution in [3.8, 4) is 0 Å². The summed E-state index contributed by atoms with van der Waals surface area (Å²) < 4.78 is 9.80. The van der Waals surface area contributed by atoms with Gasteiger partial charge in [-0.1, -0.05) is 36.4 Å².